The third-order valence-electron chi connectivity index (χ3n) is 4.00. The van der Waals surface area contributed by atoms with Crippen LogP contribution in [0.5, 0.6) is 0 Å². The van der Waals surface area contributed by atoms with Crippen LogP contribution in [0.15, 0.2) is 24.3 Å². The Morgan fingerprint density at radius 2 is 2.05 bits per heavy atom. The van der Waals surface area contributed by atoms with Crippen LogP contribution >= 0.6 is 0 Å². The fourth-order valence-corrected chi connectivity index (χ4v) is 2.84. The number of anilines is 1. The van der Waals surface area contributed by atoms with Gasteiger partial charge in [-0.15, -0.1) is 0 Å². The van der Waals surface area contributed by atoms with E-state index in [0.29, 0.717) is 24.7 Å². The smallest absolute Gasteiger partial charge is 0.299 e. The minimum Gasteiger partial charge on any atom is -0.310 e. The molecular formula is C17H20N2O2. The molecule has 0 spiro atoms. The van der Waals surface area contributed by atoms with E-state index in [-0.39, 0.29) is 0 Å². The summed E-state index contributed by atoms with van der Waals surface area (Å²) >= 11 is 0. The lowest BCUT2D eigenvalue weighted by atomic mass is 10.0. The van der Waals surface area contributed by atoms with Gasteiger partial charge in [0.25, 0.3) is 11.7 Å². The first-order chi connectivity index (χ1) is 9.97. The Hall–Kier alpha value is -1.94. The molecule has 1 aromatic carbocycles. The topological polar surface area (TPSA) is 49.4 Å². The minimum atomic E-state index is -0.439. The molecule has 3 rings (SSSR count). The van der Waals surface area contributed by atoms with E-state index in [1.54, 1.807) is 11.0 Å². The van der Waals surface area contributed by atoms with Crippen molar-refractivity contribution in [1.82, 2.24) is 5.32 Å². The number of carbonyl (C=O) groups is 2. The molecule has 110 valence electrons. The Bertz CT molecular complexity index is 644. The molecule has 1 fully saturated rings. The Kier molecular flexibility index (Phi) is 3.41. The Labute approximate surface area is 124 Å². The van der Waals surface area contributed by atoms with Crippen LogP contribution in [0.25, 0.3) is 0 Å². The van der Waals surface area contributed by atoms with E-state index in [1.807, 2.05) is 19.9 Å². The second-order valence-electron chi connectivity index (χ2n) is 6.10. The monoisotopic (exact) mass is 284 g/mol. The maximum Gasteiger partial charge on any atom is 0.299 e. The van der Waals surface area contributed by atoms with E-state index in [9.17, 15) is 9.59 Å². The van der Waals surface area contributed by atoms with Crippen LogP contribution in [0.1, 0.15) is 34.3 Å². The van der Waals surface area contributed by atoms with Gasteiger partial charge >= 0.3 is 0 Å². The maximum atomic E-state index is 12.2. The predicted octanol–water partition coefficient (Wildman–Crippen LogP) is 2.14. The molecule has 21 heavy (non-hydrogen) atoms. The minimum absolute atomic E-state index is 0.403. The molecule has 0 atom stereocenters. The SMILES string of the molecule is C=C(CNC1CC1)CN1C(=O)C(=O)c2cc(C)cc(C)c21. The highest BCUT2D eigenvalue weighted by atomic mass is 16.2. The first-order valence-corrected chi connectivity index (χ1v) is 7.35. The number of ketones is 1. The molecule has 4 nitrogen and oxygen atoms in total. The molecule has 0 aromatic heterocycles. The van der Waals surface area contributed by atoms with Crippen LogP contribution in [-0.4, -0.2) is 30.8 Å². The summed E-state index contributed by atoms with van der Waals surface area (Å²) in [5.74, 6) is -0.842. The highest BCUT2D eigenvalue weighted by Crippen LogP contribution is 2.33. The fourth-order valence-electron chi connectivity index (χ4n) is 2.84. The lowest BCUT2D eigenvalue weighted by Crippen LogP contribution is -2.34. The molecule has 0 unspecified atom stereocenters. The van der Waals surface area contributed by atoms with Gasteiger partial charge in [-0.25, -0.2) is 0 Å². The van der Waals surface area contributed by atoms with Crippen molar-refractivity contribution in [2.24, 2.45) is 0 Å². The second-order valence-corrected chi connectivity index (χ2v) is 6.10. The standard InChI is InChI=1S/C17H20N2O2/c1-10-6-12(3)15-14(7-10)16(20)17(21)19(15)9-11(2)8-18-13-4-5-13/h6-7,13,18H,2,4-5,8-9H2,1,3H3. The van der Waals surface area contributed by atoms with Crippen molar-refractivity contribution in [2.45, 2.75) is 32.7 Å². The lowest BCUT2D eigenvalue weighted by Gasteiger charge is -2.20. The Morgan fingerprint density at radius 1 is 1.33 bits per heavy atom. The average Bonchev–Trinajstić information content (AvgIpc) is 3.21. The zero-order valence-electron chi connectivity index (χ0n) is 12.5. The number of aryl methyl sites for hydroxylation is 2. The van der Waals surface area contributed by atoms with Gasteiger partial charge < -0.3 is 10.2 Å². The number of rotatable bonds is 5. The van der Waals surface area contributed by atoms with Gasteiger partial charge in [0.2, 0.25) is 0 Å². The average molecular weight is 284 g/mol. The number of benzene rings is 1. The van der Waals surface area contributed by atoms with Crippen LogP contribution in [0.2, 0.25) is 0 Å². The van der Waals surface area contributed by atoms with Crippen LogP contribution < -0.4 is 10.2 Å². The third kappa shape index (κ3) is 2.63. The molecule has 0 saturated heterocycles. The van der Waals surface area contributed by atoms with E-state index in [2.05, 4.69) is 11.9 Å². The van der Waals surface area contributed by atoms with E-state index in [4.69, 9.17) is 0 Å². The van der Waals surface area contributed by atoms with Crippen LogP contribution in [0.3, 0.4) is 0 Å². The van der Waals surface area contributed by atoms with Gasteiger partial charge in [-0.3, -0.25) is 9.59 Å². The largest absolute Gasteiger partial charge is 0.310 e. The molecule has 1 N–H and O–H groups in total. The summed E-state index contributed by atoms with van der Waals surface area (Å²) in [6.45, 7) is 9.01. The van der Waals surface area contributed by atoms with Gasteiger partial charge in [-0.1, -0.05) is 12.6 Å². The lowest BCUT2D eigenvalue weighted by molar-refractivity contribution is -0.114. The summed E-state index contributed by atoms with van der Waals surface area (Å²) in [5, 5.41) is 3.38. The molecule has 1 aliphatic carbocycles. The number of Topliss-reactive ketones (excluding diaryl/α,β-unsaturated/α-hetero) is 1. The number of hydrogen-bond donors (Lipinski definition) is 1. The van der Waals surface area contributed by atoms with Crippen molar-refractivity contribution >= 4 is 17.4 Å². The summed E-state index contributed by atoms with van der Waals surface area (Å²) in [4.78, 5) is 25.9. The van der Waals surface area contributed by atoms with Crippen molar-refractivity contribution in [3.63, 3.8) is 0 Å². The zero-order chi connectivity index (χ0) is 15.1. The van der Waals surface area contributed by atoms with E-state index in [0.717, 1.165) is 22.4 Å². The molecule has 1 aliphatic heterocycles. The van der Waals surface area contributed by atoms with Crippen LogP contribution in [0.4, 0.5) is 5.69 Å². The maximum absolute atomic E-state index is 12.2. The van der Waals surface area contributed by atoms with Gasteiger partial charge in [-0.05, 0) is 49.5 Å². The quantitative estimate of drug-likeness (QED) is 0.666. The number of amides is 1. The molecule has 1 heterocycles. The van der Waals surface area contributed by atoms with Gasteiger partial charge in [0.15, 0.2) is 0 Å². The van der Waals surface area contributed by atoms with Crippen LogP contribution in [0, 0.1) is 13.8 Å². The van der Waals surface area contributed by atoms with Gasteiger partial charge in [-0.2, -0.15) is 0 Å². The van der Waals surface area contributed by atoms with Gasteiger partial charge in [0, 0.05) is 19.1 Å². The van der Waals surface area contributed by atoms with Gasteiger partial charge in [0.1, 0.15) is 0 Å². The number of hydrogen-bond acceptors (Lipinski definition) is 3. The fraction of sp³-hybridized carbons (Fsp3) is 0.412. The number of nitrogens with zero attached hydrogens (tertiary/aromatic N) is 1. The number of fused-ring (bicyclic) bond motifs is 1. The molecule has 1 amide bonds. The van der Waals surface area contributed by atoms with Crippen molar-refractivity contribution in [3.8, 4) is 0 Å². The highest BCUT2D eigenvalue weighted by molar-refractivity contribution is 6.52. The summed E-state index contributed by atoms with van der Waals surface area (Å²) in [5.41, 5.74) is 4.18. The van der Waals surface area contributed by atoms with Crippen molar-refractivity contribution in [1.29, 1.82) is 0 Å². The summed E-state index contributed by atoms with van der Waals surface area (Å²) in [6.07, 6.45) is 2.44. The molecule has 1 aromatic rings. The summed E-state index contributed by atoms with van der Waals surface area (Å²) in [6, 6.07) is 4.41. The van der Waals surface area contributed by atoms with E-state index < -0.39 is 11.7 Å². The molecule has 4 heteroatoms. The Morgan fingerprint density at radius 3 is 2.71 bits per heavy atom. The normalized spacial score (nSPS) is 17.3. The van der Waals surface area contributed by atoms with Crippen molar-refractivity contribution in [2.75, 3.05) is 18.0 Å². The van der Waals surface area contributed by atoms with Crippen LogP contribution in [-0.2, 0) is 4.79 Å². The second kappa shape index (κ2) is 5.11. The first kappa shape index (κ1) is 14.0. The van der Waals surface area contributed by atoms with Gasteiger partial charge in [0.05, 0.1) is 11.3 Å². The highest BCUT2D eigenvalue weighted by Gasteiger charge is 2.37. The predicted molar refractivity (Wildman–Crippen MR) is 82.8 cm³/mol. The Balaban J connectivity index is 1.81. The number of carbonyl (C=O) groups excluding carboxylic acids is 2. The van der Waals surface area contributed by atoms with Crippen molar-refractivity contribution < 1.29 is 9.59 Å². The van der Waals surface area contributed by atoms with Crippen molar-refractivity contribution in [3.05, 3.63) is 41.0 Å². The van der Waals surface area contributed by atoms with E-state index in [1.165, 1.54) is 12.8 Å². The molecule has 0 radical (unpaired) electrons. The molecular weight excluding hydrogens is 264 g/mol. The number of nitrogens with one attached hydrogen (secondary N) is 1. The molecule has 2 aliphatic rings. The first-order valence-electron chi connectivity index (χ1n) is 7.35. The zero-order valence-corrected chi connectivity index (χ0v) is 12.5. The van der Waals surface area contributed by atoms with E-state index >= 15 is 0 Å². The molecule has 0 bridgehead atoms. The summed E-state index contributed by atoms with van der Waals surface area (Å²) < 4.78 is 0. The third-order valence-corrected chi connectivity index (χ3v) is 4.00. The summed E-state index contributed by atoms with van der Waals surface area (Å²) in [7, 11) is 0. The molecule has 1 saturated carbocycles.